The van der Waals surface area contributed by atoms with Gasteiger partial charge in [-0.2, -0.15) is 0 Å². The molecule has 0 radical (unpaired) electrons. The fourth-order valence-electron chi connectivity index (χ4n) is 1.99. The minimum atomic E-state index is -0.0288. The molecular weight excluding hydrogens is 136 g/mol. The smallest absolute Gasteiger partial charge is 0.141 e. The molecular formula is C10H18O. The fraction of sp³-hybridized carbons (Fsp3) is 0.900. The maximum atomic E-state index is 11.7. The van der Waals surface area contributed by atoms with Gasteiger partial charge in [0.25, 0.3) is 0 Å². The molecule has 0 saturated heterocycles. The molecule has 64 valence electrons. The molecule has 0 unspecified atom stereocenters. The van der Waals surface area contributed by atoms with Crippen LogP contribution in [0.25, 0.3) is 0 Å². The van der Waals surface area contributed by atoms with Gasteiger partial charge in [-0.3, -0.25) is 4.79 Å². The van der Waals surface area contributed by atoms with Crippen LogP contribution >= 0.6 is 0 Å². The number of rotatable bonds is 1. The topological polar surface area (TPSA) is 17.1 Å². The van der Waals surface area contributed by atoms with Gasteiger partial charge in [0.05, 0.1) is 0 Å². The van der Waals surface area contributed by atoms with Crippen molar-refractivity contribution in [1.82, 2.24) is 0 Å². The maximum absolute atomic E-state index is 11.7. The first-order chi connectivity index (χ1) is 5.08. The minimum Gasteiger partial charge on any atom is -0.299 e. The van der Waals surface area contributed by atoms with E-state index in [2.05, 4.69) is 20.8 Å². The Morgan fingerprint density at radius 3 is 2.64 bits per heavy atom. The van der Waals surface area contributed by atoms with Crippen molar-refractivity contribution >= 4 is 5.78 Å². The van der Waals surface area contributed by atoms with E-state index in [1.165, 1.54) is 6.42 Å². The summed E-state index contributed by atoms with van der Waals surface area (Å²) >= 11 is 0. The summed E-state index contributed by atoms with van der Waals surface area (Å²) in [6, 6.07) is 0. The van der Waals surface area contributed by atoms with Crippen molar-refractivity contribution in [3.8, 4) is 0 Å². The number of ketones is 1. The highest BCUT2D eigenvalue weighted by atomic mass is 16.1. The molecule has 0 bridgehead atoms. The van der Waals surface area contributed by atoms with Gasteiger partial charge in [-0.05, 0) is 19.3 Å². The van der Waals surface area contributed by atoms with Crippen LogP contribution in [-0.2, 0) is 4.79 Å². The zero-order chi connectivity index (χ0) is 8.48. The lowest BCUT2D eigenvalue weighted by Gasteiger charge is -2.32. The SMILES string of the molecule is CC[C@@H]1CCCC(C)(C)C1=O. The third-order valence-corrected chi connectivity index (χ3v) is 2.88. The fourth-order valence-corrected chi connectivity index (χ4v) is 1.99. The van der Waals surface area contributed by atoms with E-state index in [0.717, 1.165) is 19.3 Å². The molecule has 0 aromatic carbocycles. The second kappa shape index (κ2) is 2.96. The van der Waals surface area contributed by atoms with Gasteiger partial charge < -0.3 is 0 Å². The highest BCUT2D eigenvalue weighted by molar-refractivity contribution is 5.86. The molecule has 1 aliphatic carbocycles. The van der Waals surface area contributed by atoms with Crippen molar-refractivity contribution in [2.24, 2.45) is 11.3 Å². The third-order valence-electron chi connectivity index (χ3n) is 2.88. The van der Waals surface area contributed by atoms with Crippen LogP contribution in [0, 0.1) is 11.3 Å². The van der Waals surface area contributed by atoms with Gasteiger partial charge in [-0.25, -0.2) is 0 Å². The van der Waals surface area contributed by atoms with Crippen LogP contribution < -0.4 is 0 Å². The molecule has 0 spiro atoms. The molecule has 1 heteroatoms. The summed E-state index contributed by atoms with van der Waals surface area (Å²) in [4.78, 5) is 11.7. The van der Waals surface area contributed by atoms with Gasteiger partial charge in [0.1, 0.15) is 5.78 Å². The van der Waals surface area contributed by atoms with Crippen LogP contribution in [0.4, 0.5) is 0 Å². The lowest BCUT2D eigenvalue weighted by Crippen LogP contribution is -2.34. The lowest BCUT2D eigenvalue weighted by atomic mass is 9.70. The molecule has 1 atom stereocenters. The molecule has 0 N–H and O–H groups in total. The van der Waals surface area contributed by atoms with E-state index in [1.807, 2.05) is 0 Å². The highest BCUT2D eigenvalue weighted by Gasteiger charge is 2.35. The molecule has 1 fully saturated rings. The zero-order valence-electron chi connectivity index (χ0n) is 7.81. The van der Waals surface area contributed by atoms with Crippen LogP contribution in [0.2, 0.25) is 0 Å². The predicted octanol–water partition coefficient (Wildman–Crippen LogP) is 2.79. The van der Waals surface area contributed by atoms with Gasteiger partial charge in [0, 0.05) is 11.3 Å². The summed E-state index contributed by atoms with van der Waals surface area (Å²) < 4.78 is 0. The third kappa shape index (κ3) is 1.63. The Balaban J connectivity index is 2.68. The van der Waals surface area contributed by atoms with Crippen molar-refractivity contribution in [3.63, 3.8) is 0 Å². The van der Waals surface area contributed by atoms with Crippen molar-refractivity contribution in [2.45, 2.75) is 46.5 Å². The van der Waals surface area contributed by atoms with Crippen molar-refractivity contribution in [2.75, 3.05) is 0 Å². The van der Waals surface area contributed by atoms with Crippen LogP contribution in [0.1, 0.15) is 46.5 Å². The normalized spacial score (nSPS) is 30.5. The molecule has 1 rings (SSSR count). The Hall–Kier alpha value is -0.330. The first kappa shape index (κ1) is 8.76. The van der Waals surface area contributed by atoms with E-state index >= 15 is 0 Å². The Morgan fingerprint density at radius 1 is 1.55 bits per heavy atom. The quantitative estimate of drug-likeness (QED) is 0.567. The number of hydrogen-bond donors (Lipinski definition) is 0. The molecule has 0 heterocycles. The van der Waals surface area contributed by atoms with Crippen molar-refractivity contribution in [1.29, 1.82) is 0 Å². The molecule has 11 heavy (non-hydrogen) atoms. The summed E-state index contributed by atoms with van der Waals surface area (Å²) in [5.74, 6) is 0.852. The number of carbonyl (C=O) groups excluding carboxylic acids is 1. The van der Waals surface area contributed by atoms with E-state index in [-0.39, 0.29) is 5.41 Å². The number of Topliss-reactive ketones (excluding diaryl/α,β-unsaturated/α-hetero) is 1. The molecule has 1 aliphatic rings. The second-order valence-corrected chi connectivity index (χ2v) is 4.25. The van der Waals surface area contributed by atoms with E-state index in [4.69, 9.17) is 0 Å². The van der Waals surface area contributed by atoms with Gasteiger partial charge in [-0.1, -0.05) is 27.2 Å². The van der Waals surface area contributed by atoms with Crippen LogP contribution in [0.3, 0.4) is 0 Å². The molecule has 0 aliphatic heterocycles. The molecule has 1 nitrogen and oxygen atoms in total. The number of hydrogen-bond acceptors (Lipinski definition) is 1. The van der Waals surface area contributed by atoms with Crippen molar-refractivity contribution < 1.29 is 4.79 Å². The largest absolute Gasteiger partial charge is 0.299 e. The average molecular weight is 154 g/mol. The molecule has 0 aromatic rings. The predicted molar refractivity (Wildman–Crippen MR) is 46.4 cm³/mol. The summed E-state index contributed by atoms with van der Waals surface area (Å²) in [7, 11) is 0. The molecule has 0 aromatic heterocycles. The molecule has 0 amide bonds. The van der Waals surface area contributed by atoms with E-state index in [0.29, 0.717) is 11.7 Å². The van der Waals surface area contributed by atoms with Crippen LogP contribution in [0.5, 0.6) is 0 Å². The lowest BCUT2D eigenvalue weighted by molar-refractivity contribution is -0.134. The minimum absolute atomic E-state index is 0.0288. The summed E-state index contributed by atoms with van der Waals surface area (Å²) in [6.07, 6.45) is 4.47. The Kier molecular flexibility index (Phi) is 2.36. The van der Waals surface area contributed by atoms with Gasteiger partial charge >= 0.3 is 0 Å². The first-order valence-corrected chi connectivity index (χ1v) is 4.62. The van der Waals surface area contributed by atoms with Gasteiger partial charge in [-0.15, -0.1) is 0 Å². The Morgan fingerprint density at radius 2 is 2.18 bits per heavy atom. The second-order valence-electron chi connectivity index (χ2n) is 4.25. The van der Waals surface area contributed by atoms with Crippen LogP contribution in [-0.4, -0.2) is 5.78 Å². The average Bonchev–Trinajstić information content (AvgIpc) is 1.95. The first-order valence-electron chi connectivity index (χ1n) is 4.62. The zero-order valence-corrected chi connectivity index (χ0v) is 7.81. The Labute approximate surface area is 69.2 Å². The van der Waals surface area contributed by atoms with E-state index in [9.17, 15) is 4.79 Å². The Bertz CT molecular complexity index is 158. The van der Waals surface area contributed by atoms with E-state index in [1.54, 1.807) is 0 Å². The van der Waals surface area contributed by atoms with Gasteiger partial charge in [0.15, 0.2) is 0 Å². The summed E-state index contributed by atoms with van der Waals surface area (Å²) in [6.45, 7) is 6.28. The highest BCUT2D eigenvalue weighted by Crippen LogP contribution is 2.36. The standard InChI is InChI=1S/C10H18O/c1-4-8-6-5-7-10(2,3)9(8)11/h8H,4-7H2,1-3H3/t8-/m1/s1. The van der Waals surface area contributed by atoms with Crippen molar-refractivity contribution in [3.05, 3.63) is 0 Å². The molecule has 1 saturated carbocycles. The maximum Gasteiger partial charge on any atom is 0.141 e. The summed E-state index contributed by atoms with van der Waals surface area (Å²) in [5, 5.41) is 0. The summed E-state index contributed by atoms with van der Waals surface area (Å²) in [5.41, 5.74) is -0.0288. The monoisotopic (exact) mass is 154 g/mol. The van der Waals surface area contributed by atoms with Gasteiger partial charge in [0.2, 0.25) is 0 Å². The van der Waals surface area contributed by atoms with E-state index < -0.39 is 0 Å². The van der Waals surface area contributed by atoms with Crippen LogP contribution in [0.15, 0.2) is 0 Å². The number of carbonyl (C=O) groups is 1.